The van der Waals surface area contributed by atoms with Crippen molar-refractivity contribution in [2.45, 2.75) is 0 Å². The Morgan fingerprint density at radius 1 is 1.04 bits per heavy atom. The molecular weight excluding hydrogens is 363 g/mol. The van der Waals surface area contributed by atoms with Crippen molar-refractivity contribution in [3.8, 4) is 0 Å². The summed E-state index contributed by atoms with van der Waals surface area (Å²) in [5, 5.41) is 6.93. The van der Waals surface area contributed by atoms with Crippen molar-refractivity contribution in [3.63, 3.8) is 0 Å². The molecule has 4 rings (SSSR count). The Bertz CT molecular complexity index is 821. The Balaban J connectivity index is 1.80. The van der Waals surface area contributed by atoms with Gasteiger partial charge in [-0.05, 0) is 36.4 Å². The lowest BCUT2D eigenvalue weighted by Gasteiger charge is -2.28. The van der Waals surface area contributed by atoms with E-state index in [1.165, 1.54) is 17.1 Å². The molecule has 1 fully saturated rings. The first kappa shape index (κ1) is 14.2. The van der Waals surface area contributed by atoms with Gasteiger partial charge in [-0.3, -0.25) is 4.79 Å². The number of amides is 1. The highest BCUT2D eigenvalue weighted by Crippen LogP contribution is 2.38. The standard InChI is InChI=1S/C16H12BrFN4O/c17-9-13-15-16(23)21(11-7-5-10(18)6-8-11)20-22(15)14-4-2-1-3-12(14)19-13/h1-8,19-20H,9H2. The van der Waals surface area contributed by atoms with E-state index >= 15 is 0 Å². The molecule has 0 saturated carbocycles. The molecule has 2 aromatic rings. The van der Waals surface area contributed by atoms with Gasteiger partial charge in [0.1, 0.15) is 11.5 Å². The van der Waals surface area contributed by atoms with Gasteiger partial charge in [0.2, 0.25) is 0 Å². The van der Waals surface area contributed by atoms with Crippen LogP contribution >= 0.6 is 15.9 Å². The first-order chi connectivity index (χ1) is 11.2. The minimum Gasteiger partial charge on any atom is -0.355 e. The fourth-order valence-electron chi connectivity index (χ4n) is 2.69. The number of para-hydroxylation sites is 2. The third-order valence-corrected chi connectivity index (χ3v) is 4.32. The molecule has 5 nitrogen and oxygen atoms in total. The van der Waals surface area contributed by atoms with Gasteiger partial charge in [-0.1, -0.05) is 28.1 Å². The van der Waals surface area contributed by atoms with Gasteiger partial charge >= 0.3 is 0 Å². The fraction of sp³-hybridized carbons (Fsp3) is 0.0625. The molecule has 0 spiro atoms. The topological polar surface area (TPSA) is 47.6 Å². The van der Waals surface area contributed by atoms with Crippen LogP contribution in [0.25, 0.3) is 0 Å². The molecule has 2 N–H and O–H groups in total. The van der Waals surface area contributed by atoms with Crippen molar-refractivity contribution < 1.29 is 9.18 Å². The maximum Gasteiger partial charge on any atom is 0.294 e. The lowest BCUT2D eigenvalue weighted by Crippen LogP contribution is -2.41. The maximum absolute atomic E-state index is 13.1. The summed E-state index contributed by atoms with van der Waals surface area (Å²) in [4.78, 5) is 12.8. The fourth-order valence-corrected chi connectivity index (χ4v) is 3.10. The normalized spacial score (nSPS) is 16.3. The summed E-state index contributed by atoms with van der Waals surface area (Å²) in [6, 6.07) is 13.5. The summed E-state index contributed by atoms with van der Waals surface area (Å²) in [5.41, 5.74) is 6.70. The van der Waals surface area contributed by atoms with Crippen LogP contribution in [0.1, 0.15) is 0 Å². The van der Waals surface area contributed by atoms with E-state index in [4.69, 9.17) is 0 Å². The van der Waals surface area contributed by atoms with E-state index in [-0.39, 0.29) is 11.7 Å². The number of benzene rings is 2. The number of carbonyl (C=O) groups is 1. The van der Waals surface area contributed by atoms with E-state index in [1.807, 2.05) is 24.3 Å². The molecule has 0 bridgehead atoms. The third-order valence-electron chi connectivity index (χ3n) is 3.76. The van der Waals surface area contributed by atoms with Crippen molar-refractivity contribution in [1.82, 2.24) is 5.53 Å². The van der Waals surface area contributed by atoms with Gasteiger partial charge in [0.15, 0.2) is 0 Å². The van der Waals surface area contributed by atoms with Crippen LogP contribution in [0.2, 0.25) is 0 Å². The highest BCUT2D eigenvalue weighted by Gasteiger charge is 2.40. The Morgan fingerprint density at radius 2 is 1.78 bits per heavy atom. The maximum atomic E-state index is 13.1. The van der Waals surface area contributed by atoms with E-state index < -0.39 is 0 Å². The van der Waals surface area contributed by atoms with E-state index in [2.05, 4.69) is 26.8 Å². The van der Waals surface area contributed by atoms with E-state index in [0.29, 0.717) is 16.7 Å². The number of alkyl halides is 1. The van der Waals surface area contributed by atoms with Gasteiger partial charge in [0.05, 0.1) is 22.8 Å². The number of nitrogens with zero attached hydrogens (tertiary/aromatic N) is 2. The summed E-state index contributed by atoms with van der Waals surface area (Å²) in [6.07, 6.45) is 0. The van der Waals surface area contributed by atoms with Crippen LogP contribution in [0.15, 0.2) is 59.9 Å². The Morgan fingerprint density at radius 3 is 2.52 bits per heavy atom. The van der Waals surface area contributed by atoms with Crippen LogP contribution in [-0.4, -0.2) is 11.2 Å². The van der Waals surface area contributed by atoms with Gasteiger partial charge in [0.25, 0.3) is 5.91 Å². The van der Waals surface area contributed by atoms with Crippen LogP contribution in [0.5, 0.6) is 0 Å². The van der Waals surface area contributed by atoms with Crippen LogP contribution < -0.4 is 20.9 Å². The zero-order chi connectivity index (χ0) is 16.0. The zero-order valence-electron chi connectivity index (χ0n) is 11.9. The Hall–Kier alpha value is -2.38. The van der Waals surface area contributed by atoms with Crippen LogP contribution in [0.3, 0.4) is 0 Å². The number of nitrogens with one attached hydrogen (secondary N) is 2. The first-order valence-corrected chi connectivity index (χ1v) is 8.13. The molecule has 2 aliphatic rings. The monoisotopic (exact) mass is 374 g/mol. The first-order valence-electron chi connectivity index (χ1n) is 7.00. The molecule has 0 aromatic heterocycles. The molecule has 0 aliphatic carbocycles. The lowest BCUT2D eigenvalue weighted by atomic mass is 10.1. The summed E-state index contributed by atoms with van der Waals surface area (Å²) in [5.74, 6) is -0.543. The summed E-state index contributed by atoms with van der Waals surface area (Å²) in [6.45, 7) is 0. The average molecular weight is 375 g/mol. The zero-order valence-corrected chi connectivity index (χ0v) is 13.5. The largest absolute Gasteiger partial charge is 0.355 e. The van der Waals surface area contributed by atoms with Crippen LogP contribution in [-0.2, 0) is 4.79 Å². The highest BCUT2D eigenvalue weighted by atomic mass is 79.9. The molecule has 1 saturated heterocycles. The molecular formula is C16H12BrFN4O. The van der Waals surface area contributed by atoms with Gasteiger partial charge in [-0.2, -0.15) is 0 Å². The van der Waals surface area contributed by atoms with Gasteiger partial charge < -0.3 is 5.32 Å². The van der Waals surface area contributed by atoms with Crippen molar-refractivity contribution in [1.29, 1.82) is 0 Å². The molecule has 116 valence electrons. The minimum absolute atomic E-state index is 0.201. The molecule has 23 heavy (non-hydrogen) atoms. The van der Waals surface area contributed by atoms with Crippen molar-refractivity contribution in [3.05, 3.63) is 65.7 Å². The third kappa shape index (κ3) is 2.20. The molecule has 1 amide bonds. The van der Waals surface area contributed by atoms with Crippen molar-refractivity contribution in [2.24, 2.45) is 0 Å². The van der Waals surface area contributed by atoms with Crippen molar-refractivity contribution in [2.75, 3.05) is 20.7 Å². The quantitative estimate of drug-likeness (QED) is 0.792. The minimum atomic E-state index is -0.342. The lowest BCUT2D eigenvalue weighted by molar-refractivity contribution is -0.114. The molecule has 0 unspecified atom stereocenters. The number of fused-ring (bicyclic) bond motifs is 3. The summed E-state index contributed by atoms with van der Waals surface area (Å²) < 4.78 is 13.1. The second kappa shape index (κ2) is 5.36. The smallest absolute Gasteiger partial charge is 0.294 e. The van der Waals surface area contributed by atoms with E-state index in [9.17, 15) is 9.18 Å². The predicted molar refractivity (Wildman–Crippen MR) is 90.4 cm³/mol. The van der Waals surface area contributed by atoms with Crippen molar-refractivity contribution >= 4 is 38.9 Å². The summed E-state index contributed by atoms with van der Waals surface area (Å²) in [7, 11) is 0. The second-order valence-corrected chi connectivity index (χ2v) is 5.72. The number of hydrogen-bond donors (Lipinski definition) is 2. The van der Waals surface area contributed by atoms with Crippen LogP contribution in [0.4, 0.5) is 21.5 Å². The number of hydrogen-bond acceptors (Lipinski definition) is 4. The molecule has 7 heteroatoms. The molecule has 0 radical (unpaired) electrons. The molecule has 2 aromatic carbocycles. The molecule has 2 aliphatic heterocycles. The van der Waals surface area contributed by atoms with E-state index in [1.54, 1.807) is 17.1 Å². The predicted octanol–water partition coefficient (Wildman–Crippen LogP) is 3.13. The number of halogens is 2. The van der Waals surface area contributed by atoms with Crippen LogP contribution in [0, 0.1) is 5.82 Å². The number of anilines is 3. The average Bonchev–Trinajstić information content (AvgIpc) is 2.93. The number of carbonyl (C=O) groups excluding carboxylic acids is 1. The van der Waals surface area contributed by atoms with Gasteiger partial charge in [-0.25, -0.2) is 14.4 Å². The Labute approximate surface area is 140 Å². The highest BCUT2D eigenvalue weighted by molar-refractivity contribution is 9.09. The second-order valence-electron chi connectivity index (χ2n) is 5.16. The number of allylic oxidation sites excluding steroid dienone is 1. The molecule has 2 heterocycles. The number of hydrazine groups is 2. The SMILES string of the molecule is O=C1C2=C(CBr)Nc3ccccc3N2NN1c1ccc(F)cc1. The Kier molecular flexibility index (Phi) is 3.32. The van der Waals surface area contributed by atoms with E-state index in [0.717, 1.165) is 17.1 Å². The van der Waals surface area contributed by atoms with Gasteiger partial charge in [-0.15, -0.1) is 5.53 Å². The van der Waals surface area contributed by atoms with Gasteiger partial charge in [0, 0.05) is 5.33 Å². The molecule has 0 atom stereocenters. The summed E-state index contributed by atoms with van der Waals surface area (Å²) >= 11 is 3.42. The number of rotatable bonds is 2.